The van der Waals surface area contributed by atoms with Gasteiger partial charge in [-0.3, -0.25) is 0 Å². The molecule has 0 saturated carbocycles. The Bertz CT molecular complexity index is 7750. The van der Waals surface area contributed by atoms with Crippen LogP contribution in [0.2, 0.25) is 0 Å². The first-order valence-electron chi connectivity index (χ1n) is 42.7. The average Bonchev–Trinajstić information content (AvgIpc) is 1.15. The molecular formula is C118H86BrN3. The van der Waals surface area contributed by atoms with Crippen LogP contribution in [0.5, 0.6) is 0 Å². The van der Waals surface area contributed by atoms with Crippen molar-refractivity contribution < 1.29 is 0 Å². The third kappa shape index (κ3) is 13.5. The van der Waals surface area contributed by atoms with E-state index in [4.69, 9.17) is 0 Å². The summed E-state index contributed by atoms with van der Waals surface area (Å²) in [5.74, 6) is 0. The van der Waals surface area contributed by atoms with Crippen molar-refractivity contribution in [2.75, 3.05) is 0 Å². The predicted molar refractivity (Wildman–Crippen MR) is 526 cm³/mol. The Morgan fingerprint density at radius 3 is 0.803 bits per heavy atom. The third-order valence-corrected chi connectivity index (χ3v) is 25.3. The minimum absolute atomic E-state index is 1.02. The quantitative estimate of drug-likeness (QED) is 0.115. The van der Waals surface area contributed by atoms with E-state index in [-0.39, 0.29) is 0 Å². The smallest absolute Gasteiger partial charge is 0.0547 e. The van der Waals surface area contributed by atoms with Crippen molar-refractivity contribution in [2.45, 2.75) is 39.5 Å². The van der Waals surface area contributed by atoms with Gasteiger partial charge in [0.1, 0.15) is 0 Å². The highest BCUT2D eigenvalue weighted by molar-refractivity contribution is 9.10. The summed E-state index contributed by atoms with van der Waals surface area (Å²) in [6, 6.07) is 159. The highest BCUT2D eigenvalue weighted by Crippen LogP contribution is 2.48. The van der Waals surface area contributed by atoms with E-state index < -0.39 is 0 Å². The number of para-hydroxylation sites is 5. The maximum absolute atomic E-state index is 3.56. The number of hydrogen-bond donors (Lipinski definition) is 0. The Labute approximate surface area is 719 Å². The van der Waals surface area contributed by atoms with E-state index in [0.29, 0.717) is 0 Å². The van der Waals surface area contributed by atoms with Crippen molar-refractivity contribution in [1.29, 1.82) is 0 Å². The number of hydrogen-bond acceptors (Lipinski definition) is 0. The molecule has 3 aromatic heterocycles. The van der Waals surface area contributed by atoms with Crippen molar-refractivity contribution in [1.82, 2.24) is 13.7 Å². The molecule has 0 atom stereocenters. The van der Waals surface area contributed by atoms with Gasteiger partial charge in [-0.1, -0.05) is 401 Å². The monoisotopic (exact) mass is 1620 g/mol. The molecule has 122 heavy (non-hydrogen) atoms. The summed E-state index contributed by atoms with van der Waals surface area (Å²) in [5.41, 5.74) is 31.5. The zero-order valence-corrected chi connectivity index (χ0v) is 69.7. The maximum Gasteiger partial charge on any atom is 0.0547 e. The molecule has 0 amide bonds. The second-order valence-electron chi connectivity index (χ2n) is 32.0. The first-order valence-corrected chi connectivity index (χ1v) is 43.5. The SMILES string of the molecule is Brc1ccc(-c2c3ccccc3c(-c3ccccc3)c3ccccc23)cc1.CCCCC.c1ccc(-c2c3ccccc3c(-c3ccc(-n4c5ccccc5c5ccc(-c6ccc7c8ccccc8n(-c8ccccc8)c7c6)cc54)cc3)c3ccccc23)cc1.c1ccc(-n2c3ccccc3c3ccc(-c4ccc5c(c4)Cc4ccccc4-5)cc32)cc1. The molecule has 1 aliphatic carbocycles. The molecule has 580 valence electrons. The maximum atomic E-state index is 3.56. The lowest BCUT2D eigenvalue weighted by molar-refractivity contribution is 0.772. The summed E-state index contributed by atoms with van der Waals surface area (Å²) >= 11 is 3.56. The Balaban J connectivity index is 0.000000120. The van der Waals surface area contributed by atoms with E-state index in [0.717, 1.165) is 22.3 Å². The van der Waals surface area contributed by atoms with Gasteiger partial charge >= 0.3 is 0 Å². The van der Waals surface area contributed by atoms with Crippen LogP contribution in [0.1, 0.15) is 44.2 Å². The van der Waals surface area contributed by atoms with Crippen molar-refractivity contribution in [3.63, 3.8) is 0 Å². The van der Waals surface area contributed by atoms with Gasteiger partial charge < -0.3 is 13.7 Å². The van der Waals surface area contributed by atoms with E-state index in [2.05, 4.69) is 480 Å². The van der Waals surface area contributed by atoms with E-state index in [1.54, 1.807) is 0 Å². The van der Waals surface area contributed by atoms with Crippen molar-refractivity contribution in [3.05, 3.63) is 452 Å². The van der Waals surface area contributed by atoms with Crippen LogP contribution in [0.15, 0.2) is 441 Å². The lowest BCUT2D eigenvalue weighted by atomic mass is 9.86. The average molecular weight is 1630 g/mol. The number of aromatic nitrogens is 3. The highest BCUT2D eigenvalue weighted by Gasteiger charge is 2.24. The Kier molecular flexibility index (Phi) is 20.0. The number of fused-ring (bicyclic) bond motifs is 16. The second-order valence-corrected chi connectivity index (χ2v) is 32.9. The summed E-state index contributed by atoms with van der Waals surface area (Å²) in [6.45, 7) is 4.42. The molecule has 20 aromatic carbocycles. The van der Waals surface area contributed by atoms with Gasteiger partial charge in [0.05, 0.1) is 33.1 Å². The summed E-state index contributed by atoms with van der Waals surface area (Å²) in [6.07, 6.45) is 5.10. The molecule has 0 N–H and O–H groups in total. The van der Waals surface area contributed by atoms with Crippen LogP contribution in [0.3, 0.4) is 0 Å². The van der Waals surface area contributed by atoms with Crippen LogP contribution < -0.4 is 0 Å². The highest BCUT2D eigenvalue weighted by atomic mass is 79.9. The van der Waals surface area contributed by atoms with Gasteiger partial charge in [0, 0.05) is 53.9 Å². The van der Waals surface area contributed by atoms with Gasteiger partial charge in [-0.25, -0.2) is 0 Å². The topological polar surface area (TPSA) is 14.8 Å². The molecule has 0 spiro atoms. The number of rotatable bonds is 11. The molecule has 0 saturated heterocycles. The number of nitrogens with zero attached hydrogens (tertiary/aromatic N) is 3. The first kappa shape index (κ1) is 74.8. The van der Waals surface area contributed by atoms with E-state index in [1.165, 1.54) is 222 Å². The van der Waals surface area contributed by atoms with Crippen molar-refractivity contribution >= 4 is 124 Å². The molecular weight excluding hydrogens is 1540 g/mol. The molecule has 0 bridgehead atoms. The first-order chi connectivity index (χ1) is 60.4. The third-order valence-electron chi connectivity index (χ3n) is 24.8. The van der Waals surface area contributed by atoms with Crippen LogP contribution in [0.25, 0.3) is 203 Å². The molecule has 23 aromatic rings. The van der Waals surface area contributed by atoms with E-state index in [1.807, 2.05) is 0 Å². The van der Waals surface area contributed by atoms with Crippen LogP contribution in [-0.2, 0) is 6.42 Å². The lowest BCUT2D eigenvalue weighted by Crippen LogP contribution is -1.95. The van der Waals surface area contributed by atoms with Gasteiger partial charge in [0.25, 0.3) is 0 Å². The lowest BCUT2D eigenvalue weighted by Gasteiger charge is -2.18. The van der Waals surface area contributed by atoms with Crippen LogP contribution >= 0.6 is 15.9 Å². The molecule has 3 nitrogen and oxygen atoms in total. The largest absolute Gasteiger partial charge is 0.309 e. The fraction of sp³-hybridized carbons (Fsp3) is 0.0508. The molecule has 0 radical (unpaired) electrons. The molecule has 4 heteroatoms. The van der Waals surface area contributed by atoms with E-state index >= 15 is 0 Å². The Morgan fingerprint density at radius 2 is 0.451 bits per heavy atom. The van der Waals surface area contributed by atoms with Gasteiger partial charge in [-0.15, -0.1) is 0 Å². The fourth-order valence-corrected chi connectivity index (χ4v) is 19.5. The summed E-state index contributed by atoms with van der Waals surface area (Å²) in [4.78, 5) is 0. The molecule has 1 aliphatic rings. The minimum atomic E-state index is 1.02. The number of unbranched alkanes of at least 4 members (excludes halogenated alkanes) is 2. The fourth-order valence-electron chi connectivity index (χ4n) is 19.2. The van der Waals surface area contributed by atoms with Gasteiger partial charge in [0.2, 0.25) is 0 Å². The van der Waals surface area contributed by atoms with E-state index in [9.17, 15) is 0 Å². The molecule has 24 rings (SSSR count). The summed E-state index contributed by atoms with van der Waals surface area (Å²) in [7, 11) is 0. The van der Waals surface area contributed by atoms with Crippen molar-refractivity contribution in [2.24, 2.45) is 0 Å². The summed E-state index contributed by atoms with van der Waals surface area (Å²) in [5, 5.41) is 17.8. The van der Waals surface area contributed by atoms with Crippen LogP contribution in [0, 0.1) is 0 Å². The zero-order chi connectivity index (χ0) is 81.6. The normalized spacial score (nSPS) is 11.6. The Hall–Kier alpha value is -14.7. The molecule has 0 fully saturated rings. The zero-order valence-electron chi connectivity index (χ0n) is 68.1. The number of benzene rings is 20. The van der Waals surface area contributed by atoms with Crippen LogP contribution in [-0.4, -0.2) is 13.7 Å². The standard InChI is InChI=1S/C56H36N2.C31H21N.C26H17Br.C5H12/c1-3-15-37(16-4-1)55-47-21-7-9-23-49(47)56(50-24-10-8-22-48(50)55)38-27-31-42(32-28-38)58-52-26-14-12-20-44(52)46-34-30-40(36-54(46)58)39-29-33-45-43-19-11-13-25-51(43)57(53(45)35-39)41-17-5-2-6-18-41;1-2-9-25(10-3-1)32-30-13-7-6-12-28(30)29-17-15-22(20-31(29)32)21-14-16-27-24(18-21)19-23-8-4-5-11-26(23)27;27-20-16-14-19(15-17-20)26-23-12-6-4-10-21(23)25(18-8-2-1-3-9-18)22-11-5-7-13-24(22)26;1-3-5-4-2/h1-36H;1-18,20H,19H2;1-17H;3-5H2,1-2H3. The molecule has 0 unspecified atom stereocenters. The predicted octanol–water partition coefficient (Wildman–Crippen LogP) is 33.5. The van der Waals surface area contributed by atoms with Crippen LogP contribution in [0.4, 0.5) is 0 Å². The summed E-state index contributed by atoms with van der Waals surface area (Å²) < 4.78 is 8.32. The molecule has 3 heterocycles. The Morgan fingerprint density at radius 1 is 0.197 bits per heavy atom. The van der Waals surface area contributed by atoms with Gasteiger partial charge in [-0.05, 0) is 223 Å². The number of halogens is 1. The van der Waals surface area contributed by atoms with Crippen molar-refractivity contribution in [3.8, 4) is 95.0 Å². The second kappa shape index (κ2) is 32.6. The van der Waals surface area contributed by atoms with Gasteiger partial charge in [-0.2, -0.15) is 0 Å². The van der Waals surface area contributed by atoms with Gasteiger partial charge in [0.15, 0.2) is 0 Å². The molecule has 0 aliphatic heterocycles. The minimum Gasteiger partial charge on any atom is -0.309 e.